The van der Waals surface area contributed by atoms with Gasteiger partial charge in [-0.1, -0.05) is 28.1 Å². The minimum atomic E-state index is 0.584. The maximum absolute atomic E-state index is 5.45. The number of hydrogen-bond donors (Lipinski definition) is 0. The highest BCUT2D eigenvalue weighted by atomic mass is 79.9. The van der Waals surface area contributed by atoms with Crippen LogP contribution in [-0.2, 0) is 0 Å². The molecule has 24 heavy (non-hydrogen) atoms. The predicted molar refractivity (Wildman–Crippen MR) is 98.6 cm³/mol. The Kier molecular flexibility index (Phi) is 4.81. The number of rotatable bonds is 5. The summed E-state index contributed by atoms with van der Waals surface area (Å²) in [6.45, 7) is 0. The Hall–Kier alpha value is -2.40. The van der Waals surface area contributed by atoms with Gasteiger partial charge in [-0.2, -0.15) is 0 Å². The number of hydrogen-bond acceptors (Lipinski definition) is 3. The highest BCUT2D eigenvalue weighted by molar-refractivity contribution is 9.10. The Labute approximate surface area is 149 Å². The second-order valence-electron chi connectivity index (χ2n) is 5.15. The van der Waals surface area contributed by atoms with Crippen LogP contribution in [-0.4, -0.2) is 25.9 Å². The van der Waals surface area contributed by atoms with Gasteiger partial charge in [0.05, 0.1) is 32.7 Å². The zero-order valence-electron chi connectivity index (χ0n) is 13.7. The third-order valence-electron chi connectivity index (χ3n) is 3.82. The van der Waals surface area contributed by atoms with E-state index in [1.165, 1.54) is 0 Å². The quantitative estimate of drug-likeness (QED) is 0.621. The summed E-state index contributed by atoms with van der Waals surface area (Å²) in [5, 5.41) is 0. The molecule has 124 valence electrons. The maximum atomic E-state index is 5.45. The van der Waals surface area contributed by atoms with Gasteiger partial charge in [0.15, 0.2) is 11.5 Å². The topological polar surface area (TPSA) is 32.6 Å². The van der Waals surface area contributed by atoms with E-state index in [9.17, 15) is 0 Å². The summed E-state index contributed by atoms with van der Waals surface area (Å²) in [6.07, 6.45) is 2.01. The number of aromatic nitrogens is 1. The van der Waals surface area contributed by atoms with Crippen LogP contribution in [0.25, 0.3) is 16.9 Å². The van der Waals surface area contributed by atoms with E-state index < -0.39 is 0 Å². The minimum absolute atomic E-state index is 0.584. The van der Waals surface area contributed by atoms with Gasteiger partial charge >= 0.3 is 0 Å². The molecule has 3 aromatic rings. The van der Waals surface area contributed by atoms with Crippen molar-refractivity contribution in [3.8, 4) is 34.2 Å². The number of methoxy groups -OCH3 is 3. The van der Waals surface area contributed by atoms with Gasteiger partial charge in [0, 0.05) is 22.8 Å². The Morgan fingerprint density at radius 3 is 2.00 bits per heavy atom. The fraction of sp³-hybridized carbons (Fsp3) is 0.158. The first-order valence-electron chi connectivity index (χ1n) is 7.41. The fourth-order valence-electron chi connectivity index (χ4n) is 2.67. The molecule has 0 atom stereocenters. The fourth-order valence-corrected chi connectivity index (χ4v) is 2.93. The van der Waals surface area contributed by atoms with E-state index in [1.807, 2.05) is 36.5 Å². The molecular formula is C19H18BrNO3. The normalized spacial score (nSPS) is 10.5. The summed E-state index contributed by atoms with van der Waals surface area (Å²) >= 11 is 3.47. The summed E-state index contributed by atoms with van der Waals surface area (Å²) in [4.78, 5) is 0. The van der Waals surface area contributed by atoms with Crippen LogP contribution >= 0.6 is 15.9 Å². The third-order valence-corrected chi connectivity index (χ3v) is 4.35. The van der Waals surface area contributed by atoms with E-state index in [0.29, 0.717) is 17.2 Å². The molecule has 1 aromatic heterocycles. The van der Waals surface area contributed by atoms with Crippen LogP contribution in [0.3, 0.4) is 0 Å². The molecule has 0 aliphatic carbocycles. The van der Waals surface area contributed by atoms with Crippen LogP contribution in [0.4, 0.5) is 0 Å². The molecule has 0 fully saturated rings. The summed E-state index contributed by atoms with van der Waals surface area (Å²) in [7, 11) is 4.84. The molecule has 3 rings (SSSR count). The summed E-state index contributed by atoms with van der Waals surface area (Å²) in [6, 6.07) is 16.2. The summed E-state index contributed by atoms with van der Waals surface area (Å²) in [5.74, 6) is 1.84. The zero-order chi connectivity index (χ0) is 17.1. The lowest BCUT2D eigenvalue weighted by atomic mass is 10.1. The van der Waals surface area contributed by atoms with Gasteiger partial charge in [-0.3, -0.25) is 0 Å². The third kappa shape index (κ3) is 2.99. The Morgan fingerprint density at radius 2 is 1.46 bits per heavy atom. The second-order valence-corrected chi connectivity index (χ2v) is 6.07. The van der Waals surface area contributed by atoms with E-state index in [2.05, 4.69) is 38.7 Å². The van der Waals surface area contributed by atoms with E-state index in [4.69, 9.17) is 14.2 Å². The van der Waals surface area contributed by atoms with Crippen molar-refractivity contribution in [1.82, 2.24) is 4.57 Å². The summed E-state index contributed by atoms with van der Waals surface area (Å²) in [5.41, 5.74) is 3.14. The van der Waals surface area contributed by atoms with Crippen LogP contribution in [0.2, 0.25) is 0 Å². The molecule has 0 radical (unpaired) electrons. The van der Waals surface area contributed by atoms with E-state index >= 15 is 0 Å². The molecule has 2 aromatic carbocycles. The van der Waals surface area contributed by atoms with Gasteiger partial charge in [-0.15, -0.1) is 0 Å². The lowest BCUT2D eigenvalue weighted by molar-refractivity contribution is 0.324. The molecule has 0 N–H and O–H groups in total. The van der Waals surface area contributed by atoms with Crippen molar-refractivity contribution in [2.45, 2.75) is 0 Å². The Balaban J connectivity index is 2.14. The lowest BCUT2D eigenvalue weighted by Crippen LogP contribution is -2.00. The van der Waals surface area contributed by atoms with Crippen LogP contribution in [0, 0.1) is 0 Å². The van der Waals surface area contributed by atoms with Gasteiger partial charge < -0.3 is 18.8 Å². The van der Waals surface area contributed by atoms with Gasteiger partial charge in [0.2, 0.25) is 5.75 Å². The van der Waals surface area contributed by atoms with Crippen molar-refractivity contribution in [2.75, 3.05) is 21.3 Å². The molecule has 0 aliphatic heterocycles. The van der Waals surface area contributed by atoms with Crippen molar-refractivity contribution in [3.05, 3.63) is 59.2 Å². The van der Waals surface area contributed by atoms with Gasteiger partial charge in [0.25, 0.3) is 0 Å². The van der Waals surface area contributed by atoms with Crippen LogP contribution < -0.4 is 14.2 Å². The number of halogens is 1. The first kappa shape index (κ1) is 16.5. The average molecular weight is 388 g/mol. The first-order valence-corrected chi connectivity index (χ1v) is 8.21. The minimum Gasteiger partial charge on any atom is -0.493 e. The van der Waals surface area contributed by atoms with Crippen molar-refractivity contribution in [3.63, 3.8) is 0 Å². The van der Waals surface area contributed by atoms with Crippen molar-refractivity contribution >= 4 is 15.9 Å². The van der Waals surface area contributed by atoms with Crippen LogP contribution in [0.1, 0.15) is 0 Å². The molecule has 0 saturated heterocycles. The standard InChI is InChI=1S/C19H18BrNO3/c1-22-17-11-15(12-18(23-2)19(17)24-3)21-10-4-5-16(21)13-6-8-14(20)9-7-13/h4-12H,1-3H3. The van der Waals surface area contributed by atoms with Gasteiger partial charge in [-0.25, -0.2) is 0 Å². The molecule has 0 spiro atoms. The van der Waals surface area contributed by atoms with Crippen molar-refractivity contribution < 1.29 is 14.2 Å². The van der Waals surface area contributed by atoms with E-state index in [1.54, 1.807) is 21.3 Å². The average Bonchev–Trinajstić information content (AvgIpc) is 3.10. The highest BCUT2D eigenvalue weighted by Gasteiger charge is 2.15. The van der Waals surface area contributed by atoms with Crippen LogP contribution in [0.5, 0.6) is 17.2 Å². The zero-order valence-corrected chi connectivity index (χ0v) is 15.3. The molecule has 0 bridgehead atoms. The molecule has 0 aliphatic rings. The van der Waals surface area contributed by atoms with Crippen LogP contribution in [0.15, 0.2) is 59.2 Å². The number of nitrogens with zero attached hydrogens (tertiary/aromatic N) is 1. The largest absolute Gasteiger partial charge is 0.493 e. The first-order chi connectivity index (χ1) is 11.7. The van der Waals surface area contributed by atoms with E-state index in [-0.39, 0.29) is 0 Å². The van der Waals surface area contributed by atoms with Gasteiger partial charge in [-0.05, 0) is 29.8 Å². The van der Waals surface area contributed by atoms with Crippen molar-refractivity contribution in [1.29, 1.82) is 0 Å². The smallest absolute Gasteiger partial charge is 0.203 e. The molecule has 0 unspecified atom stereocenters. The lowest BCUT2D eigenvalue weighted by Gasteiger charge is -2.16. The van der Waals surface area contributed by atoms with Crippen molar-refractivity contribution in [2.24, 2.45) is 0 Å². The Morgan fingerprint density at radius 1 is 0.833 bits per heavy atom. The highest BCUT2D eigenvalue weighted by Crippen LogP contribution is 2.40. The van der Waals surface area contributed by atoms with Gasteiger partial charge in [0.1, 0.15) is 0 Å². The maximum Gasteiger partial charge on any atom is 0.203 e. The molecular weight excluding hydrogens is 370 g/mol. The summed E-state index contributed by atoms with van der Waals surface area (Å²) < 4.78 is 19.4. The monoisotopic (exact) mass is 387 g/mol. The molecule has 0 amide bonds. The molecule has 5 heteroatoms. The molecule has 0 saturated carbocycles. The van der Waals surface area contributed by atoms with E-state index in [0.717, 1.165) is 21.4 Å². The second kappa shape index (κ2) is 7.01. The molecule has 4 nitrogen and oxygen atoms in total. The predicted octanol–water partition coefficient (Wildman–Crippen LogP) is 4.93. The SMILES string of the molecule is COc1cc(-n2cccc2-c2ccc(Br)cc2)cc(OC)c1OC. The number of benzene rings is 2. The Bertz CT molecular complexity index is 815. The number of ether oxygens (including phenoxy) is 3. The molecule has 1 heterocycles.